The predicted molar refractivity (Wildman–Crippen MR) is 83.3 cm³/mol. The van der Waals surface area contributed by atoms with Gasteiger partial charge in [-0.05, 0) is 36.4 Å². The molecule has 0 saturated carbocycles. The van der Waals surface area contributed by atoms with Crippen LogP contribution in [0.4, 0.5) is 14.5 Å². The summed E-state index contributed by atoms with van der Waals surface area (Å²) in [6, 6.07) is 7.52. The minimum Gasteiger partial charge on any atom is -0.482 e. The number of ether oxygens (including phenoxy) is 2. The third-order valence-corrected chi connectivity index (χ3v) is 3.26. The van der Waals surface area contributed by atoms with Gasteiger partial charge in [-0.2, -0.15) is 0 Å². The van der Waals surface area contributed by atoms with E-state index in [0.29, 0.717) is 11.4 Å². The van der Waals surface area contributed by atoms with Gasteiger partial charge >= 0.3 is 5.97 Å². The van der Waals surface area contributed by atoms with Crippen molar-refractivity contribution in [3.8, 4) is 5.75 Å². The molecule has 126 valence electrons. The van der Waals surface area contributed by atoms with Gasteiger partial charge in [-0.3, -0.25) is 4.79 Å². The Morgan fingerprint density at radius 1 is 1.12 bits per heavy atom. The highest BCUT2D eigenvalue weighted by atomic mass is 35.5. The van der Waals surface area contributed by atoms with Gasteiger partial charge in [0.05, 0.1) is 17.7 Å². The Morgan fingerprint density at radius 2 is 1.75 bits per heavy atom. The highest BCUT2D eigenvalue weighted by Crippen LogP contribution is 2.22. The van der Waals surface area contributed by atoms with Crippen LogP contribution in [0.5, 0.6) is 5.75 Å². The van der Waals surface area contributed by atoms with E-state index in [1.807, 2.05) is 0 Å². The number of benzene rings is 2. The molecule has 0 aliphatic carbocycles. The molecule has 0 fully saturated rings. The molecule has 5 nitrogen and oxygen atoms in total. The number of methoxy groups -OCH3 is 1. The Morgan fingerprint density at radius 3 is 2.38 bits per heavy atom. The SMILES string of the molecule is COC(=O)COc1ccc(NC(=O)c2cc(F)c(F)cc2Cl)cc1. The van der Waals surface area contributed by atoms with Crippen molar-refractivity contribution >= 4 is 29.2 Å². The second kappa shape index (κ2) is 7.74. The van der Waals surface area contributed by atoms with E-state index in [9.17, 15) is 18.4 Å². The average Bonchev–Trinajstić information content (AvgIpc) is 2.57. The quantitative estimate of drug-likeness (QED) is 0.659. The van der Waals surface area contributed by atoms with Crippen LogP contribution in [0.3, 0.4) is 0 Å². The molecule has 24 heavy (non-hydrogen) atoms. The van der Waals surface area contributed by atoms with E-state index in [1.54, 1.807) is 0 Å². The maximum atomic E-state index is 13.2. The van der Waals surface area contributed by atoms with Crippen LogP contribution in [-0.2, 0) is 9.53 Å². The zero-order chi connectivity index (χ0) is 17.7. The summed E-state index contributed by atoms with van der Waals surface area (Å²) in [5.74, 6) is -3.13. The van der Waals surface area contributed by atoms with Gasteiger partial charge in [0, 0.05) is 5.69 Å². The molecule has 0 spiro atoms. The van der Waals surface area contributed by atoms with Crippen LogP contribution in [0.15, 0.2) is 36.4 Å². The zero-order valence-corrected chi connectivity index (χ0v) is 13.2. The molecular weight excluding hydrogens is 344 g/mol. The minimum atomic E-state index is -1.17. The summed E-state index contributed by atoms with van der Waals surface area (Å²) in [6.07, 6.45) is 0. The Kier molecular flexibility index (Phi) is 5.70. The van der Waals surface area contributed by atoms with E-state index in [4.69, 9.17) is 16.3 Å². The van der Waals surface area contributed by atoms with Gasteiger partial charge in [0.15, 0.2) is 18.2 Å². The fourth-order valence-corrected chi connectivity index (χ4v) is 1.97. The molecule has 0 unspecified atom stereocenters. The Balaban J connectivity index is 2.04. The number of hydrogen-bond donors (Lipinski definition) is 1. The molecule has 0 aliphatic rings. The predicted octanol–water partition coefficient (Wildman–Crippen LogP) is 3.42. The molecule has 2 aromatic carbocycles. The third kappa shape index (κ3) is 4.42. The van der Waals surface area contributed by atoms with Gasteiger partial charge in [-0.1, -0.05) is 11.6 Å². The van der Waals surface area contributed by atoms with Crippen molar-refractivity contribution in [2.45, 2.75) is 0 Å². The molecule has 0 heterocycles. The molecule has 0 bridgehead atoms. The van der Waals surface area contributed by atoms with E-state index < -0.39 is 23.5 Å². The fraction of sp³-hybridized carbons (Fsp3) is 0.125. The number of hydrogen-bond acceptors (Lipinski definition) is 4. The van der Waals surface area contributed by atoms with Crippen molar-refractivity contribution in [2.24, 2.45) is 0 Å². The topological polar surface area (TPSA) is 64.6 Å². The number of halogens is 3. The van der Waals surface area contributed by atoms with E-state index >= 15 is 0 Å². The standard InChI is InChI=1S/C16H12ClF2NO4/c1-23-15(21)8-24-10-4-2-9(3-5-10)20-16(22)11-6-13(18)14(19)7-12(11)17/h2-7H,8H2,1H3,(H,20,22). The number of anilines is 1. The number of amides is 1. The number of rotatable bonds is 5. The molecule has 2 aromatic rings. The van der Waals surface area contributed by atoms with Crippen LogP contribution < -0.4 is 10.1 Å². The molecule has 2 rings (SSSR count). The van der Waals surface area contributed by atoms with Gasteiger partial charge in [-0.15, -0.1) is 0 Å². The number of carbonyl (C=O) groups excluding carboxylic acids is 2. The largest absolute Gasteiger partial charge is 0.482 e. The molecule has 1 N–H and O–H groups in total. The second-order valence-electron chi connectivity index (χ2n) is 4.59. The van der Waals surface area contributed by atoms with Crippen molar-refractivity contribution in [3.63, 3.8) is 0 Å². The first-order valence-corrected chi connectivity index (χ1v) is 7.04. The molecule has 0 atom stereocenters. The maximum absolute atomic E-state index is 13.2. The van der Waals surface area contributed by atoms with Crippen molar-refractivity contribution in [3.05, 3.63) is 58.6 Å². The first kappa shape index (κ1) is 17.7. The summed E-state index contributed by atoms with van der Waals surface area (Å²) in [5.41, 5.74) is 0.188. The average molecular weight is 356 g/mol. The lowest BCUT2D eigenvalue weighted by molar-refractivity contribution is -0.142. The summed E-state index contributed by atoms with van der Waals surface area (Å²) in [7, 11) is 1.24. The van der Waals surface area contributed by atoms with Gasteiger partial charge < -0.3 is 14.8 Å². The van der Waals surface area contributed by atoms with E-state index in [0.717, 1.165) is 12.1 Å². The minimum absolute atomic E-state index is 0.193. The Hall–Kier alpha value is -2.67. The number of esters is 1. The first-order valence-electron chi connectivity index (χ1n) is 6.66. The lowest BCUT2D eigenvalue weighted by Gasteiger charge is -2.09. The Bertz CT molecular complexity index is 765. The fourth-order valence-electron chi connectivity index (χ4n) is 1.73. The maximum Gasteiger partial charge on any atom is 0.343 e. The summed E-state index contributed by atoms with van der Waals surface area (Å²) in [5, 5.41) is 2.29. The van der Waals surface area contributed by atoms with Crippen LogP contribution in [0.2, 0.25) is 5.02 Å². The number of carbonyl (C=O) groups is 2. The van der Waals surface area contributed by atoms with Crippen LogP contribution >= 0.6 is 11.6 Å². The molecular formula is C16H12ClF2NO4. The van der Waals surface area contributed by atoms with Crippen LogP contribution in [0, 0.1) is 11.6 Å². The zero-order valence-electron chi connectivity index (χ0n) is 12.4. The summed E-state index contributed by atoms with van der Waals surface area (Å²) in [6.45, 7) is -0.243. The molecule has 0 aromatic heterocycles. The van der Waals surface area contributed by atoms with Crippen molar-refractivity contribution in [2.75, 3.05) is 19.0 Å². The normalized spacial score (nSPS) is 10.2. The van der Waals surface area contributed by atoms with Crippen molar-refractivity contribution in [1.29, 1.82) is 0 Å². The lowest BCUT2D eigenvalue weighted by atomic mass is 10.2. The molecule has 0 radical (unpaired) electrons. The van der Waals surface area contributed by atoms with E-state index in [1.165, 1.54) is 31.4 Å². The number of nitrogens with one attached hydrogen (secondary N) is 1. The molecule has 1 amide bonds. The smallest absolute Gasteiger partial charge is 0.343 e. The van der Waals surface area contributed by atoms with Gasteiger partial charge in [0.25, 0.3) is 5.91 Å². The first-order chi connectivity index (χ1) is 11.4. The van der Waals surface area contributed by atoms with Crippen molar-refractivity contribution < 1.29 is 27.8 Å². The lowest BCUT2D eigenvalue weighted by Crippen LogP contribution is -2.14. The Labute approximate surface area is 141 Å². The summed E-state index contributed by atoms with van der Waals surface area (Å²) < 4.78 is 35.8. The highest BCUT2D eigenvalue weighted by Gasteiger charge is 2.15. The summed E-state index contributed by atoms with van der Waals surface area (Å²) >= 11 is 5.74. The highest BCUT2D eigenvalue weighted by molar-refractivity contribution is 6.34. The molecule has 0 aliphatic heterocycles. The van der Waals surface area contributed by atoms with Gasteiger partial charge in [0.2, 0.25) is 0 Å². The van der Waals surface area contributed by atoms with Crippen molar-refractivity contribution in [1.82, 2.24) is 0 Å². The second-order valence-corrected chi connectivity index (χ2v) is 5.00. The molecule has 0 saturated heterocycles. The third-order valence-electron chi connectivity index (χ3n) is 2.95. The molecule has 8 heteroatoms. The van der Waals surface area contributed by atoms with Crippen LogP contribution in [0.1, 0.15) is 10.4 Å². The van der Waals surface area contributed by atoms with Gasteiger partial charge in [-0.25, -0.2) is 13.6 Å². The van der Waals surface area contributed by atoms with E-state index in [2.05, 4.69) is 10.1 Å². The van der Waals surface area contributed by atoms with E-state index in [-0.39, 0.29) is 17.2 Å². The van der Waals surface area contributed by atoms with Gasteiger partial charge in [0.1, 0.15) is 5.75 Å². The van der Waals surface area contributed by atoms with Crippen LogP contribution in [-0.4, -0.2) is 25.6 Å². The summed E-state index contributed by atoms with van der Waals surface area (Å²) in [4.78, 5) is 23.0. The monoisotopic (exact) mass is 355 g/mol. The van der Waals surface area contributed by atoms with Crippen LogP contribution in [0.25, 0.3) is 0 Å².